The lowest BCUT2D eigenvalue weighted by molar-refractivity contribution is 1.13. The molecule has 0 bridgehead atoms. The van der Waals surface area contributed by atoms with Gasteiger partial charge >= 0.3 is 0 Å². The van der Waals surface area contributed by atoms with Crippen LogP contribution in [0.1, 0.15) is 11.3 Å². The van der Waals surface area contributed by atoms with Gasteiger partial charge in [-0.1, -0.05) is 11.3 Å². The topological polar surface area (TPSA) is 51.8 Å². The average Bonchev–Trinajstić information content (AvgIpc) is 2.59. The van der Waals surface area contributed by atoms with E-state index in [4.69, 9.17) is 5.73 Å². The molecule has 0 aromatic carbocycles. The van der Waals surface area contributed by atoms with Crippen LogP contribution in [0.15, 0.2) is 28.7 Å². The molecule has 2 rings (SSSR count). The number of nitrogen functional groups attached to an aromatic ring is 1. The predicted octanol–water partition coefficient (Wildman–Crippen LogP) is 2.76. The molecule has 0 saturated heterocycles. The molecule has 0 saturated carbocycles. The van der Waals surface area contributed by atoms with Crippen LogP contribution >= 0.6 is 23.1 Å². The Morgan fingerprint density at radius 2 is 2.12 bits per heavy atom. The van der Waals surface area contributed by atoms with Gasteiger partial charge in [0, 0.05) is 18.1 Å². The third-order valence-corrected chi connectivity index (χ3v) is 4.49. The lowest BCUT2D eigenvalue weighted by atomic mass is 10.2. The normalized spacial score (nSPS) is 10.6. The maximum atomic E-state index is 5.65. The Morgan fingerprint density at radius 3 is 2.75 bits per heavy atom. The van der Waals surface area contributed by atoms with Crippen molar-refractivity contribution < 1.29 is 0 Å². The van der Waals surface area contributed by atoms with Gasteiger partial charge in [-0.25, -0.2) is 4.98 Å². The molecule has 2 aromatic rings. The van der Waals surface area contributed by atoms with E-state index in [0.29, 0.717) is 5.13 Å². The Hall–Kier alpha value is -1.07. The van der Waals surface area contributed by atoms with E-state index >= 15 is 0 Å². The van der Waals surface area contributed by atoms with Crippen LogP contribution in [-0.2, 0) is 6.42 Å². The second-order valence-electron chi connectivity index (χ2n) is 3.38. The molecule has 0 aliphatic heterocycles. The number of thioether (sulfide) groups is 1. The number of rotatable bonds is 4. The van der Waals surface area contributed by atoms with Crippen LogP contribution in [0.2, 0.25) is 0 Å². The third kappa shape index (κ3) is 2.96. The summed E-state index contributed by atoms with van der Waals surface area (Å²) in [5.41, 5.74) is 8.01. The largest absolute Gasteiger partial charge is 0.375 e. The van der Waals surface area contributed by atoms with Crippen LogP contribution in [0, 0.1) is 6.92 Å². The first-order valence-electron chi connectivity index (χ1n) is 5.00. The second kappa shape index (κ2) is 5.32. The molecule has 2 aromatic heterocycles. The van der Waals surface area contributed by atoms with E-state index in [9.17, 15) is 0 Å². The first kappa shape index (κ1) is 11.4. The molecule has 16 heavy (non-hydrogen) atoms. The van der Waals surface area contributed by atoms with Gasteiger partial charge in [0.25, 0.3) is 0 Å². The van der Waals surface area contributed by atoms with Crippen LogP contribution in [0.25, 0.3) is 0 Å². The summed E-state index contributed by atoms with van der Waals surface area (Å²) < 4.78 is 1.23. The molecule has 0 unspecified atom stereocenters. The Labute approximate surface area is 103 Å². The summed E-state index contributed by atoms with van der Waals surface area (Å²) in [5.74, 6) is 1.05. The van der Waals surface area contributed by atoms with Crippen molar-refractivity contribution in [2.45, 2.75) is 17.6 Å². The summed E-state index contributed by atoms with van der Waals surface area (Å²) in [4.78, 5) is 8.20. The van der Waals surface area contributed by atoms with E-state index in [2.05, 4.69) is 22.1 Å². The number of aromatic nitrogens is 2. The fraction of sp³-hybridized carbons (Fsp3) is 0.273. The van der Waals surface area contributed by atoms with Gasteiger partial charge < -0.3 is 5.73 Å². The fourth-order valence-electron chi connectivity index (χ4n) is 1.35. The van der Waals surface area contributed by atoms with Crippen LogP contribution in [-0.4, -0.2) is 15.7 Å². The van der Waals surface area contributed by atoms with E-state index in [1.54, 1.807) is 11.3 Å². The number of hydrogen-bond donors (Lipinski definition) is 1. The van der Waals surface area contributed by atoms with Crippen molar-refractivity contribution in [3.8, 4) is 0 Å². The summed E-state index contributed by atoms with van der Waals surface area (Å²) in [6.45, 7) is 2.00. The summed E-state index contributed by atoms with van der Waals surface area (Å²) in [6, 6.07) is 4.10. The van der Waals surface area contributed by atoms with E-state index in [-0.39, 0.29) is 0 Å². The molecule has 0 aliphatic carbocycles. The zero-order valence-electron chi connectivity index (χ0n) is 9.01. The molecular formula is C11H13N3S2. The Kier molecular flexibility index (Phi) is 3.79. The molecular weight excluding hydrogens is 238 g/mol. The summed E-state index contributed by atoms with van der Waals surface area (Å²) >= 11 is 3.39. The number of anilines is 1. The molecule has 0 radical (unpaired) electrons. The van der Waals surface area contributed by atoms with Gasteiger partial charge in [-0.15, -0.1) is 11.8 Å². The number of pyridine rings is 1. The van der Waals surface area contributed by atoms with Gasteiger partial charge in [-0.2, -0.15) is 0 Å². The van der Waals surface area contributed by atoms with Crippen LogP contribution < -0.4 is 5.73 Å². The summed E-state index contributed by atoms with van der Waals surface area (Å²) in [6.07, 6.45) is 4.70. The first-order valence-corrected chi connectivity index (χ1v) is 6.80. The van der Waals surface area contributed by atoms with Crippen molar-refractivity contribution in [2.75, 3.05) is 11.5 Å². The molecule has 2 N–H and O–H groups in total. The molecule has 2 heterocycles. The van der Waals surface area contributed by atoms with E-state index < -0.39 is 0 Å². The van der Waals surface area contributed by atoms with Crippen molar-refractivity contribution in [3.05, 3.63) is 35.8 Å². The van der Waals surface area contributed by atoms with Gasteiger partial charge in [0.05, 0.1) is 9.90 Å². The average molecular weight is 251 g/mol. The number of thiazole rings is 1. The van der Waals surface area contributed by atoms with Crippen molar-refractivity contribution >= 4 is 28.2 Å². The van der Waals surface area contributed by atoms with E-state index in [0.717, 1.165) is 17.9 Å². The minimum Gasteiger partial charge on any atom is -0.375 e. The van der Waals surface area contributed by atoms with Crippen LogP contribution in [0.5, 0.6) is 0 Å². The molecule has 0 atom stereocenters. The highest BCUT2D eigenvalue weighted by Gasteiger charge is 2.05. The number of aryl methyl sites for hydroxylation is 2. The highest BCUT2D eigenvalue weighted by molar-refractivity contribution is 8.01. The lowest BCUT2D eigenvalue weighted by Crippen LogP contribution is -1.88. The highest BCUT2D eigenvalue weighted by atomic mass is 32.2. The summed E-state index contributed by atoms with van der Waals surface area (Å²) in [5, 5.41) is 0.656. The molecule has 0 aliphatic rings. The maximum absolute atomic E-state index is 5.65. The molecule has 84 valence electrons. The minimum absolute atomic E-state index is 0.656. The van der Waals surface area contributed by atoms with Gasteiger partial charge in [0.15, 0.2) is 5.13 Å². The van der Waals surface area contributed by atoms with Crippen LogP contribution in [0.4, 0.5) is 5.13 Å². The Morgan fingerprint density at radius 1 is 1.38 bits per heavy atom. The quantitative estimate of drug-likeness (QED) is 0.849. The van der Waals surface area contributed by atoms with Crippen LogP contribution in [0.3, 0.4) is 0 Å². The molecule has 5 heteroatoms. The minimum atomic E-state index is 0.656. The van der Waals surface area contributed by atoms with Gasteiger partial charge in [-0.3, -0.25) is 4.98 Å². The van der Waals surface area contributed by atoms with Crippen molar-refractivity contribution in [3.63, 3.8) is 0 Å². The number of nitrogens with zero attached hydrogens (tertiary/aromatic N) is 2. The van der Waals surface area contributed by atoms with E-state index in [1.807, 2.05) is 31.1 Å². The predicted molar refractivity (Wildman–Crippen MR) is 69.9 cm³/mol. The third-order valence-electron chi connectivity index (χ3n) is 2.14. The smallest absolute Gasteiger partial charge is 0.181 e. The highest BCUT2D eigenvalue weighted by Crippen LogP contribution is 2.30. The standard InChI is InChI=1S/C11H13N3S2/c1-8-10(16-11(12)14-8)15-7-4-9-2-5-13-6-3-9/h2-3,5-6H,4,7H2,1H3,(H2,12,14). The first-order chi connectivity index (χ1) is 7.75. The monoisotopic (exact) mass is 251 g/mol. The van der Waals surface area contributed by atoms with Crippen molar-refractivity contribution in [1.29, 1.82) is 0 Å². The SMILES string of the molecule is Cc1nc(N)sc1SCCc1ccncc1. The van der Waals surface area contributed by atoms with E-state index in [1.165, 1.54) is 9.77 Å². The Balaban J connectivity index is 1.87. The molecule has 3 nitrogen and oxygen atoms in total. The lowest BCUT2D eigenvalue weighted by Gasteiger charge is -1.99. The number of nitrogens with two attached hydrogens (primary N) is 1. The van der Waals surface area contributed by atoms with Crippen molar-refractivity contribution in [1.82, 2.24) is 9.97 Å². The number of hydrogen-bond acceptors (Lipinski definition) is 5. The van der Waals surface area contributed by atoms with Gasteiger partial charge in [0.2, 0.25) is 0 Å². The van der Waals surface area contributed by atoms with Gasteiger partial charge in [0.1, 0.15) is 0 Å². The summed E-state index contributed by atoms with van der Waals surface area (Å²) in [7, 11) is 0. The molecule has 0 spiro atoms. The Bertz CT molecular complexity index is 454. The van der Waals surface area contributed by atoms with Gasteiger partial charge in [-0.05, 0) is 31.0 Å². The second-order valence-corrected chi connectivity index (χ2v) is 5.77. The fourth-order valence-corrected chi connectivity index (χ4v) is 3.43. The molecule has 0 amide bonds. The van der Waals surface area contributed by atoms with Crippen molar-refractivity contribution in [2.24, 2.45) is 0 Å². The molecule has 0 fully saturated rings. The maximum Gasteiger partial charge on any atom is 0.181 e. The zero-order valence-corrected chi connectivity index (χ0v) is 10.6. The zero-order chi connectivity index (χ0) is 11.4.